The van der Waals surface area contributed by atoms with Crippen LogP contribution in [0.3, 0.4) is 0 Å². The van der Waals surface area contributed by atoms with E-state index in [0.29, 0.717) is 11.6 Å². The number of aryl methyl sites for hydroxylation is 3. The molecule has 1 unspecified atom stereocenters. The van der Waals surface area contributed by atoms with Crippen molar-refractivity contribution in [1.29, 1.82) is 0 Å². The van der Waals surface area contributed by atoms with Crippen LogP contribution in [0.5, 0.6) is 0 Å². The van der Waals surface area contributed by atoms with Gasteiger partial charge in [-0.3, -0.25) is 14.5 Å². The molecule has 1 aliphatic rings. The highest BCUT2D eigenvalue weighted by Crippen LogP contribution is 2.24. The molecule has 0 spiro atoms. The summed E-state index contributed by atoms with van der Waals surface area (Å²) >= 11 is 0. The number of rotatable bonds is 7. The normalized spacial score (nSPS) is 14.4. The zero-order valence-corrected chi connectivity index (χ0v) is 16.7. The molecule has 150 valence electrons. The zero-order chi connectivity index (χ0) is 20.1. The van der Waals surface area contributed by atoms with Gasteiger partial charge in [0.1, 0.15) is 5.76 Å². The Morgan fingerprint density at radius 3 is 2.57 bits per heavy atom. The summed E-state index contributed by atoms with van der Waals surface area (Å²) < 4.78 is 4.91. The molecule has 1 heterocycles. The summed E-state index contributed by atoms with van der Waals surface area (Å²) in [6.07, 6.45) is 4.76. The van der Waals surface area contributed by atoms with Crippen LogP contribution in [0.4, 0.5) is 5.82 Å². The summed E-state index contributed by atoms with van der Waals surface area (Å²) in [5.74, 6) is 0.643. The van der Waals surface area contributed by atoms with Crippen LogP contribution < -0.4 is 10.6 Å². The number of fused-ring (bicyclic) bond motifs is 1. The van der Waals surface area contributed by atoms with E-state index in [4.69, 9.17) is 4.52 Å². The molecule has 1 aliphatic carbocycles. The molecule has 0 bridgehead atoms. The van der Waals surface area contributed by atoms with Crippen LogP contribution in [0, 0.1) is 6.92 Å². The first kappa shape index (κ1) is 20.1. The molecule has 1 aromatic heterocycles. The summed E-state index contributed by atoms with van der Waals surface area (Å²) in [5, 5.41) is 9.39. The fourth-order valence-corrected chi connectivity index (χ4v) is 3.55. The Labute approximate surface area is 165 Å². The highest BCUT2D eigenvalue weighted by Gasteiger charge is 2.16. The maximum atomic E-state index is 12.4. The average Bonchev–Trinajstić information content (AvgIpc) is 3.05. The third-order valence-electron chi connectivity index (χ3n) is 4.97. The minimum absolute atomic E-state index is 0.0694. The van der Waals surface area contributed by atoms with E-state index in [-0.39, 0.29) is 30.9 Å². The molecule has 0 saturated heterocycles. The standard InChI is InChI=1S/C21H28N4O3/c1-14-10-19(24-28-14)23-21(27)13-25(3)12-20(26)22-15(2)17-9-8-16-6-4-5-7-18(16)11-17/h8-11,15H,4-7,12-13H2,1-3H3,(H,22,26)(H,23,24,27). The number of carbonyl (C=O) groups excluding carboxylic acids is 2. The van der Waals surface area contributed by atoms with Crippen LogP contribution in [0.15, 0.2) is 28.8 Å². The number of nitrogens with one attached hydrogen (secondary N) is 2. The lowest BCUT2D eigenvalue weighted by atomic mass is 9.89. The van der Waals surface area contributed by atoms with Gasteiger partial charge in [-0.2, -0.15) is 0 Å². The highest BCUT2D eigenvalue weighted by molar-refractivity contribution is 5.91. The number of anilines is 1. The van der Waals surface area contributed by atoms with E-state index in [1.807, 2.05) is 6.92 Å². The monoisotopic (exact) mass is 384 g/mol. The van der Waals surface area contributed by atoms with Gasteiger partial charge in [0.05, 0.1) is 19.1 Å². The van der Waals surface area contributed by atoms with Gasteiger partial charge in [-0.05, 0) is 63.3 Å². The van der Waals surface area contributed by atoms with Crippen molar-refractivity contribution in [1.82, 2.24) is 15.4 Å². The minimum atomic E-state index is -0.244. The Morgan fingerprint density at radius 1 is 1.14 bits per heavy atom. The third kappa shape index (κ3) is 5.42. The topological polar surface area (TPSA) is 87.5 Å². The molecule has 2 N–H and O–H groups in total. The maximum absolute atomic E-state index is 12.4. The lowest BCUT2D eigenvalue weighted by Crippen LogP contribution is -2.39. The van der Waals surface area contributed by atoms with Crippen molar-refractivity contribution in [2.75, 3.05) is 25.5 Å². The van der Waals surface area contributed by atoms with Crippen molar-refractivity contribution in [3.8, 4) is 0 Å². The third-order valence-corrected chi connectivity index (χ3v) is 4.97. The van der Waals surface area contributed by atoms with E-state index in [1.54, 1.807) is 24.9 Å². The predicted molar refractivity (Wildman–Crippen MR) is 107 cm³/mol. The molecule has 3 rings (SSSR count). The van der Waals surface area contributed by atoms with Crippen molar-refractivity contribution in [3.63, 3.8) is 0 Å². The van der Waals surface area contributed by atoms with Crippen LogP contribution in [-0.2, 0) is 22.4 Å². The largest absolute Gasteiger partial charge is 0.360 e. The molecule has 7 nitrogen and oxygen atoms in total. The first-order chi connectivity index (χ1) is 13.4. The van der Waals surface area contributed by atoms with Gasteiger partial charge in [-0.1, -0.05) is 23.4 Å². The molecule has 1 aromatic carbocycles. The van der Waals surface area contributed by atoms with Crippen molar-refractivity contribution in [3.05, 3.63) is 46.7 Å². The van der Waals surface area contributed by atoms with Crippen molar-refractivity contribution < 1.29 is 14.1 Å². The van der Waals surface area contributed by atoms with E-state index >= 15 is 0 Å². The first-order valence-electron chi connectivity index (χ1n) is 9.73. The number of amides is 2. The summed E-state index contributed by atoms with van der Waals surface area (Å²) in [6.45, 7) is 3.97. The predicted octanol–water partition coefficient (Wildman–Crippen LogP) is 2.61. The fraction of sp³-hybridized carbons (Fsp3) is 0.476. The molecule has 0 radical (unpaired) electrons. The molecule has 0 fully saturated rings. The van der Waals surface area contributed by atoms with Crippen LogP contribution in [0.25, 0.3) is 0 Å². The molecule has 2 amide bonds. The van der Waals surface area contributed by atoms with Crippen LogP contribution >= 0.6 is 0 Å². The van der Waals surface area contributed by atoms with Crippen molar-refractivity contribution >= 4 is 17.6 Å². The Balaban J connectivity index is 1.46. The van der Waals surface area contributed by atoms with E-state index < -0.39 is 0 Å². The Hall–Kier alpha value is -2.67. The number of hydrogen-bond acceptors (Lipinski definition) is 5. The quantitative estimate of drug-likeness (QED) is 0.766. The summed E-state index contributed by atoms with van der Waals surface area (Å²) in [6, 6.07) is 8.09. The number of carbonyl (C=O) groups is 2. The number of likely N-dealkylation sites (N-methyl/N-ethyl adjacent to an activating group) is 1. The van der Waals surface area contributed by atoms with E-state index in [0.717, 1.165) is 18.4 Å². The second-order valence-corrected chi connectivity index (χ2v) is 7.57. The minimum Gasteiger partial charge on any atom is -0.360 e. The molecule has 2 aromatic rings. The van der Waals surface area contributed by atoms with Gasteiger partial charge >= 0.3 is 0 Å². The van der Waals surface area contributed by atoms with Gasteiger partial charge in [0.25, 0.3) is 0 Å². The summed E-state index contributed by atoms with van der Waals surface area (Å²) in [7, 11) is 1.73. The van der Waals surface area contributed by atoms with Gasteiger partial charge in [-0.15, -0.1) is 0 Å². The number of benzene rings is 1. The van der Waals surface area contributed by atoms with E-state index in [2.05, 4.69) is 34.0 Å². The number of nitrogens with zero attached hydrogens (tertiary/aromatic N) is 2. The molecule has 7 heteroatoms. The Morgan fingerprint density at radius 2 is 1.86 bits per heavy atom. The highest BCUT2D eigenvalue weighted by atomic mass is 16.5. The van der Waals surface area contributed by atoms with Crippen LogP contribution in [-0.4, -0.2) is 42.0 Å². The van der Waals surface area contributed by atoms with Crippen LogP contribution in [0.1, 0.15) is 48.3 Å². The summed E-state index contributed by atoms with van der Waals surface area (Å²) in [5.41, 5.74) is 3.96. The van der Waals surface area contributed by atoms with Gasteiger partial charge in [-0.25, -0.2) is 0 Å². The molecular weight excluding hydrogens is 356 g/mol. The Bertz CT molecular complexity index is 846. The van der Waals surface area contributed by atoms with E-state index in [1.165, 1.54) is 24.0 Å². The second kappa shape index (κ2) is 9.01. The van der Waals surface area contributed by atoms with Gasteiger partial charge in [0.2, 0.25) is 11.8 Å². The van der Waals surface area contributed by atoms with Crippen molar-refractivity contribution in [2.45, 2.75) is 45.6 Å². The fourth-order valence-electron chi connectivity index (χ4n) is 3.55. The lowest BCUT2D eigenvalue weighted by Gasteiger charge is -2.21. The smallest absolute Gasteiger partial charge is 0.239 e. The average molecular weight is 384 g/mol. The maximum Gasteiger partial charge on any atom is 0.239 e. The van der Waals surface area contributed by atoms with E-state index in [9.17, 15) is 9.59 Å². The van der Waals surface area contributed by atoms with Gasteiger partial charge in [0.15, 0.2) is 5.82 Å². The molecule has 1 atom stereocenters. The number of hydrogen-bond donors (Lipinski definition) is 2. The van der Waals surface area contributed by atoms with Gasteiger partial charge < -0.3 is 15.2 Å². The lowest BCUT2D eigenvalue weighted by molar-refractivity contribution is -0.123. The van der Waals surface area contributed by atoms with Gasteiger partial charge in [0, 0.05) is 6.07 Å². The summed E-state index contributed by atoms with van der Waals surface area (Å²) in [4.78, 5) is 26.0. The zero-order valence-electron chi connectivity index (χ0n) is 16.7. The van der Waals surface area contributed by atoms with Crippen LogP contribution in [0.2, 0.25) is 0 Å². The Kier molecular flexibility index (Phi) is 6.46. The first-order valence-corrected chi connectivity index (χ1v) is 9.73. The molecule has 0 aliphatic heterocycles. The molecule has 28 heavy (non-hydrogen) atoms. The SMILES string of the molecule is Cc1cc(NC(=O)CN(C)CC(=O)NC(C)c2ccc3c(c2)CCCC3)no1. The molecule has 0 saturated carbocycles. The number of aromatic nitrogens is 1. The van der Waals surface area contributed by atoms with Crippen molar-refractivity contribution in [2.24, 2.45) is 0 Å². The molecular formula is C21H28N4O3. The second-order valence-electron chi connectivity index (χ2n) is 7.57.